The quantitative estimate of drug-likeness (QED) is 0.481. The van der Waals surface area contributed by atoms with Crippen LogP contribution in [0.25, 0.3) is 21.9 Å². The molecule has 0 aliphatic heterocycles. The molecule has 0 radical (unpaired) electrons. The minimum atomic E-state index is -0.242. The molecule has 0 saturated carbocycles. The lowest BCUT2D eigenvalue weighted by molar-refractivity contribution is 0.102. The Morgan fingerprint density at radius 1 is 1.18 bits per heavy atom. The molecule has 4 aromatic rings. The third kappa shape index (κ3) is 3.58. The van der Waals surface area contributed by atoms with E-state index in [0.29, 0.717) is 16.4 Å². The normalized spacial score (nSPS) is 11.2. The monoisotopic (exact) mass is 392 g/mol. The minimum absolute atomic E-state index is 0.242. The summed E-state index contributed by atoms with van der Waals surface area (Å²) < 4.78 is 1.88. The van der Waals surface area contributed by atoms with E-state index in [0.717, 1.165) is 46.9 Å². The Kier molecular flexibility index (Phi) is 5.01. The average Bonchev–Trinajstić information content (AvgIpc) is 3.01. The van der Waals surface area contributed by atoms with Crippen molar-refractivity contribution in [3.8, 4) is 0 Å². The van der Waals surface area contributed by atoms with E-state index in [9.17, 15) is 4.79 Å². The molecule has 0 fully saturated rings. The second-order valence-electron chi connectivity index (χ2n) is 6.95. The highest BCUT2D eigenvalue weighted by molar-refractivity contribution is 6.31. The van der Waals surface area contributed by atoms with Crippen LogP contribution < -0.4 is 5.32 Å². The first-order valence-electron chi connectivity index (χ1n) is 9.40. The van der Waals surface area contributed by atoms with Crippen LogP contribution in [-0.4, -0.2) is 20.7 Å². The summed E-state index contributed by atoms with van der Waals surface area (Å²) >= 11 is 6.02. The molecule has 5 nitrogen and oxygen atoms in total. The van der Waals surface area contributed by atoms with Crippen molar-refractivity contribution in [2.24, 2.45) is 0 Å². The van der Waals surface area contributed by atoms with Gasteiger partial charge < -0.3 is 5.32 Å². The molecule has 0 aliphatic rings. The van der Waals surface area contributed by atoms with E-state index in [-0.39, 0.29) is 5.91 Å². The fraction of sp³-hybridized carbons (Fsp3) is 0.227. The maximum Gasteiger partial charge on any atom is 0.256 e. The van der Waals surface area contributed by atoms with Gasteiger partial charge in [-0.1, -0.05) is 43.1 Å². The SMILES string of the molecule is CCCCn1nc(NC(=O)c2cccc(Cl)c2)c2cc3ccc(C)cc3nc21. The topological polar surface area (TPSA) is 59.8 Å². The molecule has 28 heavy (non-hydrogen) atoms. The zero-order chi connectivity index (χ0) is 19.7. The Hall–Kier alpha value is -2.92. The standard InChI is InChI=1S/C22H21ClN4O/c1-3-4-10-27-21-18(13-15-9-8-14(2)11-19(15)24-21)20(26-27)25-22(28)16-6-5-7-17(23)12-16/h5-9,11-13H,3-4,10H2,1-2H3,(H,25,26,28). The number of carbonyl (C=O) groups excluding carboxylic acids is 1. The average molecular weight is 393 g/mol. The summed E-state index contributed by atoms with van der Waals surface area (Å²) in [7, 11) is 0. The van der Waals surface area contributed by atoms with Gasteiger partial charge in [0, 0.05) is 22.5 Å². The van der Waals surface area contributed by atoms with Gasteiger partial charge in [-0.15, -0.1) is 0 Å². The van der Waals surface area contributed by atoms with Gasteiger partial charge in [-0.25, -0.2) is 9.67 Å². The molecule has 0 saturated heterocycles. The molecular formula is C22H21ClN4O. The number of nitrogens with zero attached hydrogens (tertiary/aromatic N) is 3. The van der Waals surface area contributed by atoms with Crippen LogP contribution in [-0.2, 0) is 6.54 Å². The number of amides is 1. The molecule has 0 spiro atoms. The second kappa shape index (κ2) is 7.60. The smallest absolute Gasteiger partial charge is 0.256 e. The van der Waals surface area contributed by atoms with Crippen molar-refractivity contribution in [3.63, 3.8) is 0 Å². The van der Waals surface area contributed by atoms with Gasteiger partial charge in [0.05, 0.1) is 10.9 Å². The Balaban J connectivity index is 1.80. The number of halogens is 1. The number of fused-ring (bicyclic) bond motifs is 2. The number of unbranched alkanes of at least 4 members (excludes halogenated alkanes) is 1. The van der Waals surface area contributed by atoms with Crippen molar-refractivity contribution in [2.75, 3.05) is 5.32 Å². The second-order valence-corrected chi connectivity index (χ2v) is 7.38. The van der Waals surface area contributed by atoms with E-state index in [1.807, 2.05) is 16.8 Å². The predicted molar refractivity (Wildman–Crippen MR) is 114 cm³/mol. The van der Waals surface area contributed by atoms with Gasteiger partial charge in [0.1, 0.15) is 0 Å². The molecule has 1 N–H and O–H groups in total. The fourth-order valence-corrected chi connectivity index (χ4v) is 3.42. The maximum absolute atomic E-state index is 12.7. The third-order valence-corrected chi connectivity index (χ3v) is 4.95. The zero-order valence-corrected chi connectivity index (χ0v) is 16.6. The van der Waals surface area contributed by atoms with Gasteiger partial charge >= 0.3 is 0 Å². The highest BCUT2D eigenvalue weighted by atomic mass is 35.5. The lowest BCUT2D eigenvalue weighted by atomic mass is 10.1. The van der Waals surface area contributed by atoms with Crippen molar-refractivity contribution in [3.05, 3.63) is 64.7 Å². The molecule has 2 aromatic carbocycles. The number of aryl methyl sites for hydroxylation is 2. The molecule has 142 valence electrons. The summed E-state index contributed by atoms with van der Waals surface area (Å²) in [5.41, 5.74) is 3.37. The van der Waals surface area contributed by atoms with Gasteiger partial charge in [0.25, 0.3) is 5.91 Å². The summed E-state index contributed by atoms with van der Waals surface area (Å²) in [6.45, 7) is 4.94. The molecule has 2 aromatic heterocycles. The zero-order valence-electron chi connectivity index (χ0n) is 15.9. The van der Waals surface area contributed by atoms with Gasteiger partial charge in [-0.2, -0.15) is 5.10 Å². The van der Waals surface area contributed by atoms with Crippen molar-refractivity contribution >= 4 is 45.3 Å². The van der Waals surface area contributed by atoms with Crippen molar-refractivity contribution in [2.45, 2.75) is 33.2 Å². The fourth-order valence-electron chi connectivity index (χ4n) is 3.23. The summed E-state index contributed by atoms with van der Waals surface area (Å²) in [4.78, 5) is 17.5. The first-order chi connectivity index (χ1) is 13.5. The molecule has 6 heteroatoms. The van der Waals surface area contributed by atoms with Gasteiger partial charge in [0.2, 0.25) is 0 Å². The lowest BCUT2D eigenvalue weighted by Crippen LogP contribution is -2.13. The molecule has 0 aliphatic carbocycles. The van der Waals surface area contributed by atoms with Gasteiger partial charge in [-0.05, 0) is 49.2 Å². The molecule has 0 unspecified atom stereocenters. The van der Waals surface area contributed by atoms with E-state index in [1.54, 1.807) is 24.3 Å². The van der Waals surface area contributed by atoms with Crippen molar-refractivity contribution < 1.29 is 4.79 Å². The van der Waals surface area contributed by atoms with Crippen LogP contribution in [0.4, 0.5) is 5.82 Å². The lowest BCUT2D eigenvalue weighted by Gasteiger charge is -2.04. The number of nitrogens with one attached hydrogen (secondary N) is 1. The highest BCUT2D eigenvalue weighted by Gasteiger charge is 2.16. The van der Waals surface area contributed by atoms with Crippen molar-refractivity contribution in [1.82, 2.24) is 14.8 Å². The summed E-state index contributed by atoms with van der Waals surface area (Å²) in [6.07, 6.45) is 2.05. The maximum atomic E-state index is 12.7. The Morgan fingerprint density at radius 3 is 2.82 bits per heavy atom. The van der Waals surface area contributed by atoms with Crippen LogP contribution in [0.1, 0.15) is 35.7 Å². The Labute approximate surface area is 168 Å². The molecule has 1 amide bonds. The minimum Gasteiger partial charge on any atom is -0.305 e. The number of rotatable bonds is 5. The van der Waals surface area contributed by atoms with Crippen molar-refractivity contribution in [1.29, 1.82) is 0 Å². The van der Waals surface area contributed by atoms with E-state index in [1.165, 1.54) is 0 Å². The number of anilines is 1. The van der Waals surface area contributed by atoms with Crippen LogP contribution in [0, 0.1) is 6.92 Å². The van der Waals surface area contributed by atoms with E-state index in [2.05, 4.69) is 36.4 Å². The van der Waals surface area contributed by atoms with Crippen LogP contribution in [0.15, 0.2) is 48.5 Å². The Bertz CT molecular complexity index is 1180. The highest BCUT2D eigenvalue weighted by Crippen LogP contribution is 2.27. The van der Waals surface area contributed by atoms with E-state index < -0.39 is 0 Å². The van der Waals surface area contributed by atoms with Gasteiger partial charge in [-0.3, -0.25) is 4.79 Å². The molecular weight excluding hydrogens is 372 g/mol. The first-order valence-corrected chi connectivity index (χ1v) is 9.78. The molecule has 4 rings (SSSR count). The summed E-state index contributed by atoms with van der Waals surface area (Å²) in [6, 6.07) is 15.1. The largest absolute Gasteiger partial charge is 0.305 e. The number of benzene rings is 2. The van der Waals surface area contributed by atoms with Crippen LogP contribution >= 0.6 is 11.6 Å². The van der Waals surface area contributed by atoms with E-state index in [4.69, 9.17) is 16.6 Å². The molecule has 0 bridgehead atoms. The molecule has 0 atom stereocenters. The number of carbonyl (C=O) groups is 1. The number of hydrogen-bond donors (Lipinski definition) is 1. The van der Waals surface area contributed by atoms with E-state index >= 15 is 0 Å². The third-order valence-electron chi connectivity index (χ3n) is 4.72. The number of aromatic nitrogens is 3. The summed E-state index contributed by atoms with van der Waals surface area (Å²) in [5, 5.41) is 9.96. The van der Waals surface area contributed by atoms with Crippen LogP contribution in [0.2, 0.25) is 5.02 Å². The van der Waals surface area contributed by atoms with Crippen LogP contribution in [0.5, 0.6) is 0 Å². The van der Waals surface area contributed by atoms with Gasteiger partial charge in [0.15, 0.2) is 11.5 Å². The summed E-state index contributed by atoms with van der Waals surface area (Å²) in [5.74, 6) is 0.277. The van der Waals surface area contributed by atoms with Crippen LogP contribution in [0.3, 0.4) is 0 Å². The first kappa shape index (κ1) is 18.4. The molecule has 2 heterocycles. The predicted octanol–water partition coefficient (Wildman–Crippen LogP) is 5.60. The Morgan fingerprint density at radius 2 is 2.04 bits per heavy atom. The number of pyridine rings is 1. The number of hydrogen-bond acceptors (Lipinski definition) is 3.